The number of hydrogen-bond donors (Lipinski definition) is 3. The molecule has 22 heavy (non-hydrogen) atoms. The lowest BCUT2D eigenvalue weighted by atomic mass is 10.0. The summed E-state index contributed by atoms with van der Waals surface area (Å²) >= 11 is 0. The zero-order valence-corrected chi connectivity index (χ0v) is 13.1. The Balaban J connectivity index is 1.64. The summed E-state index contributed by atoms with van der Waals surface area (Å²) < 4.78 is 0. The molecule has 1 saturated heterocycles. The average molecular weight is 302 g/mol. The number of aryl methyl sites for hydroxylation is 1. The number of nitrogens with two attached hydrogens (primary N) is 1. The normalized spacial score (nSPS) is 17.5. The van der Waals surface area contributed by atoms with Gasteiger partial charge in [0.2, 0.25) is 5.91 Å². The van der Waals surface area contributed by atoms with E-state index in [-0.39, 0.29) is 11.9 Å². The van der Waals surface area contributed by atoms with Crippen LogP contribution in [0.3, 0.4) is 0 Å². The van der Waals surface area contributed by atoms with Crippen LogP contribution in [0.1, 0.15) is 31.2 Å². The molecule has 0 aromatic heterocycles. The molecule has 5 nitrogen and oxygen atoms in total. The molecule has 0 radical (unpaired) electrons. The molecule has 1 heterocycles. The van der Waals surface area contributed by atoms with Crippen molar-refractivity contribution >= 4 is 11.9 Å². The Hall–Kier alpha value is -2.04. The van der Waals surface area contributed by atoms with Gasteiger partial charge in [0, 0.05) is 26.1 Å². The van der Waals surface area contributed by atoms with Crippen molar-refractivity contribution < 1.29 is 4.79 Å². The first-order valence-corrected chi connectivity index (χ1v) is 8.04. The van der Waals surface area contributed by atoms with Crippen LogP contribution in [-0.4, -0.2) is 36.4 Å². The Labute approximate surface area is 132 Å². The molecule has 120 valence electrons. The topological polar surface area (TPSA) is 82.2 Å². The molecule has 0 spiro atoms. The van der Waals surface area contributed by atoms with E-state index in [0.29, 0.717) is 12.3 Å². The van der Waals surface area contributed by atoms with Crippen molar-refractivity contribution in [3.05, 3.63) is 35.9 Å². The molecule has 4 N–H and O–H groups in total. The van der Waals surface area contributed by atoms with E-state index in [4.69, 9.17) is 11.1 Å². The van der Waals surface area contributed by atoms with Crippen molar-refractivity contribution in [1.29, 1.82) is 5.41 Å². The van der Waals surface area contributed by atoms with Gasteiger partial charge in [-0.2, -0.15) is 0 Å². The Bertz CT molecular complexity index is 489. The molecule has 5 heteroatoms. The molecule has 1 atom stereocenters. The largest absolute Gasteiger partial charge is 0.370 e. The molecule has 0 saturated carbocycles. The fourth-order valence-electron chi connectivity index (χ4n) is 2.96. The third-order valence-corrected chi connectivity index (χ3v) is 4.21. The van der Waals surface area contributed by atoms with Gasteiger partial charge in [0.05, 0.1) is 0 Å². The molecule has 1 aromatic rings. The third kappa shape index (κ3) is 5.39. The number of carbonyl (C=O) groups is 1. The first-order chi connectivity index (χ1) is 10.6. The molecule has 1 aliphatic rings. The van der Waals surface area contributed by atoms with E-state index in [9.17, 15) is 4.79 Å². The first kappa shape index (κ1) is 16.3. The lowest BCUT2D eigenvalue weighted by molar-refractivity contribution is -0.130. The molecular formula is C17H26N4O. The van der Waals surface area contributed by atoms with Crippen molar-refractivity contribution in [2.75, 3.05) is 19.6 Å². The Morgan fingerprint density at radius 1 is 1.36 bits per heavy atom. The SMILES string of the molecule is N=C(N)NCCCC1CCN(C(=O)CCc2ccccc2)C1. The maximum atomic E-state index is 12.3. The van der Waals surface area contributed by atoms with Gasteiger partial charge in [-0.25, -0.2) is 0 Å². The zero-order valence-electron chi connectivity index (χ0n) is 13.1. The van der Waals surface area contributed by atoms with Crippen LogP contribution < -0.4 is 11.1 Å². The van der Waals surface area contributed by atoms with E-state index in [2.05, 4.69) is 17.4 Å². The Morgan fingerprint density at radius 3 is 2.86 bits per heavy atom. The number of amides is 1. The summed E-state index contributed by atoms with van der Waals surface area (Å²) in [7, 11) is 0. The standard InChI is InChI=1S/C17H26N4O/c18-17(19)20-11-4-7-15-10-12-21(13-15)16(22)9-8-14-5-2-1-3-6-14/h1-3,5-6,15H,4,7-13H2,(H4,18,19,20). The second-order valence-electron chi connectivity index (χ2n) is 5.96. The summed E-state index contributed by atoms with van der Waals surface area (Å²) in [5, 5.41) is 9.92. The van der Waals surface area contributed by atoms with Gasteiger partial charge < -0.3 is 16.0 Å². The van der Waals surface area contributed by atoms with Crippen molar-refractivity contribution in [2.45, 2.75) is 32.1 Å². The second kappa shape index (κ2) is 8.41. The highest BCUT2D eigenvalue weighted by atomic mass is 16.2. The minimum atomic E-state index is 0.0316. The van der Waals surface area contributed by atoms with Crippen LogP contribution in [-0.2, 0) is 11.2 Å². The number of carbonyl (C=O) groups excluding carboxylic acids is 1. The fourth-order valence-corrected chi connectivity index (χ4v) is 2.96. The number of hydrogen-bond acceptors (Lipinski definition) is 2. The monoisotopic (exact) mass is 302 g/mol. The molecular weight excluding hydrogens is 276 g/mol. The third-order valence-electron chi connectivity index (χ3n) is 4.21. The summed E-state index contributed by atoms with van der Waals surface area (Å²) in [5.41, 5.74) is 6.47. The summed E-state index contributed by atoms with van der Waals surface area (Å²) in [6.45, 7) is 2.51. The van der Waals surface area contributed by atoms with Crippen molar-refractivity contribution in [3.8, 4) is 0 Å². The second-order valence-corrected chi connectivity index (χ2v) is 5.96. The van der Waals surface area contributed by atoms with Crippen molar-refractivity contribution in [1.82, 2.24) is 10.2 Å². The molecule has 1 unspecified atom stereocenters. The average Bonchev–Trinajstić information content (AvgIpc) is 2.99. The summed E-state index contributed by atoms with van der Waals surface area (Å²) in [6, 6.07) is 10.2. The summed E-state index contributed by atoms with van der Waals surface area (Å²) in [6.07, 6.45) is 4.60. The van der Waals surface area contributed by atoms with Crippen LogP contribution in [0.5, 0.6) is 0 Å². The van der Waals surface area contributed by atoms with Gasteiger partial charge in [-0.1, -0.05) is 30.3 Å². The summed E-state index contributed by atoms with van der Waals surface area (Å²) in [5.74, 6) is 0.895. The zero-order chi connectivity index (χ0) is 15.8. The molecule has 1 amide bonds. The van der Waals surface area contributed by atoms with E-state index in [1.54, 1.807) is 0 Å². The Morgan fingerprint density at radius 2 is 2.14 bits per heavy atom. The molecule has 1 aliphatic heterocycles. The maximum absolute atomic E-state index is 12.3. The molecule has 1 fully saturated rings. The number of likely N-dealkylation sites (tertiary alicyclic amines) is 1. The number of nitrogens with one attached hydrogen (secondary N) is 2. The minimum Gasteiger partial charge on any atom is -0.370 e. The lowest BCUT2D eigenvalue weighted by Crippen LogP contribution is -2.31. The van der Waals surface area contributed by atoms with Gasteiger partial charge >= 0.3 is 0 Å². The molecule has 2 rings (SSSR count). The Kier molecular flexibility index (Phi) is 6.25. The lowest BCUT2D eigenvalue weighted by Gasteiger charge is -2.16. The van der Waals surface area contributed by atoms with Crippen LogP contribution in [0.4, 0.5) is 0 Å². The van der Waals surface area contributed by atoms with Crippen LogP contribution in [0.2, 0.25) is 0 Å². The van der Waals surface area contributed by atoms with Crippen LogP contribution in [0, 0.1) is 11.3 Å². The van der Waals surface area contributed by atoms with Crippen LogP contribution in [0.25, 0.3) is 0 Å². The fraction of sp³-hybridized carbons (Fsp3) is 0.529. The van der Waals surface area contributed by atoms with E-state index in [0.717, 1.165) is 45.3 Å². The van der Waals surface area contributed by atoms with E-state index < -0.39 is 0 Å². The molecule has 0 bridgehead atoms. The van der Waals surface area contributed by atoms with Crippen LogP contribution in [0.15, 0.2) is 30.3 Å². The van der Waals surface area contributed by atoms with Crippen LogP contribution >= 0.6 is 0 Å². The van der Waals surface area contributed by atoms with Crippen molar-refractivity contribution in [2.24, 2.45) is 11.7 Å². The van der Waals surface area contributed by atoms with Gasteiger partial charge in [-0.15, -0.1) is 0 Å². The van der Waals surface area contributed by atoms with Gasteiger partial charge in [-0.3, -0.25) is 10.2 Å². The van der Waals surface area contributed by atoms with E-state index in [1.165, 1.54) is 5.56 Å². The highest BCUT2D eigenvalue weighted by molar-refractivity contribution is 5.76. The predicted octanol–water partition coefficient (Wildman–Crippen LogP) is 1.73. The van der Waals surface area contributed by atoms with Gasteiger partial charge in [0.1, 0.15) is 0 Å². The number of guanidine groups is 1. The number of benzene rings is 1. The molecule has 0 aliphatic carbocycles. The number of rotatable bonds is 7. The van der Waals surface area contributed by atoms with Gasteiger partial charge in [0.25, 0.3) is 0 Å². The smallest absolute Gasteiger partial charge is 0.222 e. The quantitative estimate of drug-likeness (QED) is 0.407. The van der Waals surface area contributed by atoms with E-state index >= 15 is 0 Å². The van der Waals surface area contributed by atoms with Crippen molar-refractivity contribution in [3.63, 3.8) is 0 Å². The highest BCUT2D eigenvalue weighted by Crippen LogP contribution is 2.21. The minimum absolute atomic E-state index is 0.0316. The number of nitrogens with zero attached hydrogens (tertiary/aromatic N) is 1. The summed E-state index contributed by atoms with van der Waals surface area (Å²) in [4.78, 5) is 14.3. The highest BCUT2D eigenvalue weighted by Gasteiger charge is 2.25. The van der Waals surface area contributed by atoms with E-state index in [1.807, 2.05) is 23.1 Å². The predicted molar refractivity (Wildman–Crippen MR) is 88.6 cm³/mol. The first-order valence-electron chi connectivity index (χ1n) is 8.04. The van der Waals surface area contributed by atoms with Gasteiger partial charge in [0.15, 0.2) is 5.96 Å². The van der Waals surface area contributed by atoms with Gasteiger partial charge in [-0.05, 0) is 37.2 Å². The molecule has 1 aromatic carbocycles. The maximum Gasteiger partial charge on any atom is 0.222 e.